The maximum absolute atomic E-state index is 4.49. The Kier molecular flexibility index (Phi) is 7.10. The summed E-state index contributed by atoms with van der Waals surface area (Å²) in [6.07, 6.45) is 3.51. The molecule has 0 radical (unpaired) electrons. The molecular weight excluding hydrogens is 354 g/mol. The van der Waals surface area contributed by atoms with Gasteiger partial charge in [-0.15, -0.1) is 11.3 Å². The summed E-state index contributed by atoms with van der Waals surface area (Å²) in [5.74, 6) is 1.69. The predicted molar refractivity (Wildman–Crippen MR) is 116 cm³/mol. The van der Waals surface area contributed by atoms with Gasteiger partial charge in [0.2, 0.25) is 0 Å². The lowest BCUT2D eigenvalue weighted by molar-refractivity contribution is 0.438. The molecule has 1 fully saturated rings. The van der Waals surface area contributed by atoms with Crippen LogP contribution in [0.25, 0.3) is 0 Å². The molecule has 0 bridgehead atoms. The Morgan fingerprint density at radius 3 is 2.59 bits per heavy atom. The first-order valence-corrected chi connectivity index (χ1v) is 10.7. The molecular formula is C21H31N5S. The third-order valence-corrected chi connectivity index (χ3v) is 5.93. The van der Waals surface area contributed by atoms with Crippen molar-refractivity contribution in [1.82, 2.24) is 15.6 Å². The van der Waals surface area contributed by atoms with Crippen molar-refractivity contribution < 1.29 is 0 Å². The van der Waals surface area contributed by atoms with E-state index in [0.29, 0.717) is 0 Å². The van der Waals surface area contributed by atoms with Gasteiger partial charge in [-0.05, 0) is 43.4 Å². The highest BCUT2D eigenvalue weighted by Gasteiger charge is 2.15. The molecule has 146 valence electrons. The number of aryl methyl sites for hydroxylation is 1. The minimum atomic E-state index is 0.771. The standard InChI is InChI=1S/C21H31N5S/c1-16-9-12-26(13-10-16)20-6-4-18(5-7-20)14-24-21(22-3)23-11-8-19-15-27-17(2)25-19/h4-7,15-16H,8-14H2,1-3H3,(H2,22,23,24). The molecule has 1 aromatic heterocycles. The van der Waals surface area contributed by atoms with Crippen LogP contribution in [-0.2, 0) is 13.0 Å². The van der Waals surface area contributed by atoms with E-state index in [1.165, 1.54) is 37.2 Å². The molecule has 2 heterocycles. The van der Waals surface area contributed by atoms with Gasteiger partial charge in [0.1, 0.15) is 0 Å². The lowest BCUT2D eigenvalue weighted by Crippen LogP contribution is -2.37. The van der Waals surface area contributed by atoms with Crippen LogP contribution in [-0.4, -0.2) is 37.6 Å². The highest BCUT2D eigenvalue weighted by molar-refractivity contribution is 7.09. The van der Waals surface area contributed by atoms with Crippen molar-refractivity contribution >= 4 is 23.0 Å². The summed E-state index contributed by atoms with van der Waals surface area (Å²) in [5, 5.41) is 9.99. The first-order chi connectivity index (χ1) is 13.1. The summed E-state index contributed by atoms with van der Waals surface area (Å²) in [5.41, 5.74) is 3.75. The van der Waals surface area contributed by atoms with Gasteiger partial charge in [0.15, 0.2) is 5.96 Å². The van der Waals surface area contributed by atoms with E-state index < -0.39 is 0 Å². The van der Waals surface area contributed by atoms with Crippen molar-refractivity contribution in [2.24, 2.45) is 10.9 Å². The number of piperidine rings is 1. The SMILES string of the molecule is CN=C(NCCc1csc(C)n1)NCc1ccc(N2CCC(C)CC2)cc1. The fourth-order valence-electron chi connectivity index (χ4n) is 3.33. The van der Waals surface area contributed by atoms with Crippen molar-refractivity contribution in [3.05, 3.63) is 45.9 Å². The Bertz CT molecular complexity index is 729. The van der Waals surface area contributed by atoms with Crippen molar-refractivity contribution in [3.63, 3.8) is 0 Å². The first kappa shape index (κ1) is 19.7. The van der Waals surface area contributed by atoms with Gasteiger partial charge in [0.25, 0.3) is 0 Å². The van der Waals surface area contributed by atoms with E-state index in [2.05, 4.69) is 62.1 Å². The Labute approximate surface area is 166 Å². The number of guanidine groups is 1. The van der Waals surface area contributed by atoms with Gasteiger partial charge in [-0.25, -0.2) is 4.98 Å². The summed E-state index contributed by atoms with van der Waals surface area (Å²) in [4.78, 5) is 11.3. The van der Waals surface area contributed by atoms with Crippen molar-refractivity contribution in [2.45, 2.75) is 39.7 Å². The number of anilines is 1. The number of hydrogen-bond donors (Lipinski definition) is 2. The molecule has 6 heteroatoms. The number of hydrogen-bond acceptors (Lipinski definition) is 4. The summed E-state index contributed by atoms with van der Waals surface area (Å²) in [6.45, 7) is 8.34. The zero-order chi connectivity index (χ0) is 19.1. The molecule has 0 unspecified atom stereocenters. The van der Waals surface area contributed by atoms with Crippen LogP contribution in [0.3, 0.4) is 0 Å². The van der Waals surface area contributed by atoms with E-state index in [1.54, 1.807) is 11.3 Å². The highest BCUT2D eigenvalue weighted by Crippen LogP contribution is 2.23. The van der Waals surface area contributed by atoms with E-state index in [1.807, 2.05) is 14.0 Å². The molecule has 0 spiro atoms. The lowest BCUT2D eigenvalue weighted by Gasteiger charge is -2.32. The van der Waals surface area contributed by atoms with Crippen LogP contribution in [0.1, 0.15) is 36.0 Å². The molecule has 2 N–H and O–H groups in total. The van der Waals surface area contributed by atoms with Crippen LogP contribution in [0, 0.1) is 12.8 Å². The van der Waals surface area contributed by atoms with Crippen LogP contribution in [0.2, 0.25) is 0 Å². The topological polar surface area (TPSA) is 52.6 Å². The number of nitrogens with one attached hydrogen (secondary N) is 2. The molecule has 0 aliphatic carbocycles. The molecule has 1 saturated heterocycles. The van der Waals surface area contributed by atoms with Crippen LogP contribution in [0.4, 0.5) is 5.69 Å². The maximum Gasteiger partial charge on any atom is 0.191 e. The van der Waals surface area contributed by atoms with Crippen LogP contribution in [0.5, 0.6) is 0 Å². The monoisotopic (exact) mass is 385 g/mol. The summed E-state index contributed by atoms with van der Waals surface area (Å²) >= 11 is 1.70. The quantitative estimate of drug-likeness (QED) is 0.589. The second-order valence-electron chi connectivity index (χ2n) is 7.30. The van der Waals surface area contributed by atoms with E-state index >= 15 is 0 Å². The Balaban J connectivity index is 1.42. The third-order valence-electron chi connectivity index (χ3n) is 5.11. The van der Waals surface area contributed by atoms with Crippen molar-refractivity contribution in [1.29, 1.82) is 0 Å². The highest BCUT2D eigenvalue weighted by atomic mass is 32.1. The summed E-state index contributed by atoms with van der Waals surface area (Å²) in [7, 11) is 1.81. The van der Waals surface area contributed by atoms with Gasteiger partial charge in [-0.3, -0.25) is 4.99 Å². The third kappa shape index (κ3) is 5.96. The second kappa shape index (κ2) is 9.74. The van der Waals surface area contributed by atoms with E-state index in [0.717, 1.165) is 42.1 Å². The minimum absolute atomic E-state index is 0.771. The average molecular weight is 386 g/mol. The number of thiazole rings is 1. The van der Waals surface area contributed by atoms with Gasteiger partial charge in [-0.2, -0.15) is 0 Å². The number of aromatic nitrogens is 1. The first-order valence-electron chi connectivity index (χ1n) is 9.83. The largest absolute Gasteiger partial charge is 0.372 e. The van der Waals surface area contributed by atoms with E-state index in [4.69, 9.17) is 0 Å². The number of benzene rings is 1. The average Bonchev–Trinajstić information content (AvgIpc) is 3.11. The van der Waals surface area contributed by atoms with Crippen LogP contribution < -0.4 is 15.5 Å². The fourth-order valence-corrected chi connectivity index (χ4v) is 3.98. The predicted octanol–water partition coefficient (Wildman–Crippen LogP) is 3.60. The molecule has 2 aromatic rings. The van der Waals surface area contributed by atoms with Crippen LogP contribution >= 0.6 is 11.3 Å². The van der Waals surface area contributed by atoms with Gasteiger partial charge in [0, 0.05) is 50.7 Å². The van der Waals surface area contributed by atoms with E-state index in [-0.39, 0.29) is 0 Å². The van der Waals surface area contributed by atoms with E-state index in [9.17, 15) is 0 Å². The molecule has 0 amide bonds. The van der Waals surface area contributed by atoms with Gasteiger partial charge < -0.3 is 15.5 Å². The minimum Gasteiger partial charge on any atom is -0.372 e. The molecule has 1 aliphatic heterocycles. The van der Waals surface area contributed by atoms with Gasteiger partial charge in [-0.1, -0.05) is 19.1 Å². The lowest BCUT2D eigenvalue weighted by atomic mass is 9.99. The molecule has 0 atom stereocenters. The summed E-state index contributed by atoms with van der Waals surface area (Å²) < 4.78 is 0. The van der Waals surface area contributed by atoms with Crippen molar-refractivity contribution in [3.8, 4) is 0 Å². The zero-order valence-corrected chi connectivity index (χ0v) is 17.5. The molecule has 1 aromatic carbocycles. The molecule has 5 nitrogen and oxygen atoms in total. The fraction of sp³-hybridized carbons (Fsp3) is 0.524. The number of nitrogens with zero attached hydrogens (tertiary/aromatic N) is 3. The molecule has 3 rings (SSSR count). The molecule has 1 aliphatic rings. The van der Waals surface area contributed by atoms with Gasteiger partial charge in [0.05, 0.1) is 10.7 Å². The maximum atomic E-state index is 4.49. The second-order valence-corrected chi connectivity index (χ2v) is 8.36. The smallest absolute Gasteiger partial charge is 0.191 e. The number of aliphatic imine (C=N–C) groups is 1. The van der Waals surface area contributed by atoms with Gasteiger partial charge >= 0.3 is 0 Å². The molecule has 0 saturated carbocycles. The molecule has 27 heavy (non-hydrogen) atoms. The Morgan fingerprint density at radius 2 is 1.96 bits per heavy atom. The van der Waals surface area contributed by atoms with Crippen LogP contribution in [0.15, 0.2) is 34.6 Å². The zero-order valence-electron chi connectivity index (χ0n) is 16.7. The summed E-state index contributed by atoms with van der Waals surface area (Å²) in [6, 6.07) is 8.92. The Morgan fingerprint density at radius 1 is 1.22 bits per heavy atom. The number of rotatable bonds is 6. The van der Waals surface area contributed by atoms with Crippen molar-refractivity contribution in [2.75, 3.05) is 31.6 Å². The normalized spacial score (nSPS) is 15.8. The Hall–Kier alpha value is -2.08.